The number of rotatable bonds is 17. The largest absolute Gasteiger partial charge is 0.508 e. The number of hydrogen-bond acceptors (Lipinski definition) is 17. The number of carbonyl (C=O) groups excluding carboxylic acids is 3. The molecule has 2 aliphatic rings. The van der Waals surface area contributed by atoms with Crippen LogP contribution < -0.4 is 5.32 Å². The van der Waals surface area contributed by atoms with Crippen molar-refractivity contribution < 1.29 is 72.1 Å². The average molecular weight is 769 g/mol. The summed E-state index contributed by atoms with van der Waals surface area (Å²) in [5.74, 6) is -0.997. The predicted molar refractivity (Wildman–Crippen MR) is 173 cm³/mol. The number of ether oxygens (including phenoxy) is 7. The van der Waals surface area contributed by atoms with Crippen molar-refractivity contribution >= 4 is 54.4 Å². The Labute approximate surface area is 296 Å². The summed E-state index contributed by atoms with van der Waals surface area (Å²) in [6.07, 6.45) is -3.38. The highest BCUT2D eigenvalue weighted by molar-refractivity contribution is 7.55. The first-order valence-electron chi connectivity index (χ1n) is 15.8. The van der Waals surface area contributed by atoms with Crippen molar-refractivity contribution in [3.63, 3.8) is 0 Å². The molecule has 4 rings (SSSR count). The molecule has 0 aromatic carbocycles. The zero-order valence-corrected chi connectivity index (χ0v) is 29.7. The van der Waals surface area contributed by atoms with Gasteiger partial charge in [0.15, 0.2) is 23.2 Å². The Hall–Kier alpha value is -3.40. The van der Waals surface area contributed by atoms with E-state index in [0.29, 0.717) is 11.3 Å². The number of likely N-dealkylation sites (N-methyl/N-ethyl adjacent to an activating group) is 1. The Balaban J connectivity index is 1.54. The van der Waals surface area contributed by atoms with Crippen LogP contribution in [0.1, 0.15) is 31.9 Å². The smallest absolute Gasteiger partial charge is 0.432 e. The van der Waals surface area contributed by atoms with E-state index in [9.17, 15) is 38.9 Å². The van der Waals surface area contributed by atoms with E-state index in [2.05, 4.69) is 20.3 Å². The summed E-state index contributed by atoms with van der Waals surface area (Å²) in [6, 6.07) is 0.163. The van der Waals surface area contributed by atoms with Gasteiger partial charge in [-0.2, -0.15) is 9.97 Å². The first-order chi connectivity index (χ1) is 24.2. The van der Waals surface area contributed by atoms with Gasteiger partial charge in [0.2, 0.25) is 16.3 Å². The summed E-state index contributed by atoms with van der Waals surface area (Å²) in [6.45, 7) is -3.80. The molecule has 0 unspecified atom stereocenters. The van der Waals surface area contributed by atoms with E-state index in [-0.39, 0.29) is 43.4 Å². The Bertz CT molecular complexity index is 1530. The van der Waals surface area contributed by atoms with Gasteiger partial charge in [-0.3, -0.25) is 13.9 Å². The molecular formula is C28H42ClN6O15P. The Morgan fingerprint density at radius 2 is 1.59 bits per heavy atom. The van der Waals surface area contributed by atoms with E-state index in [1.165, 1.54) is 25.1 Å². The van der Waals surface area contributed by atoms with Crippen LogP contribution in [0.15, 0.2) is 6.33 Å². The Morgan fingerprint density at radius 1 is 1.00 bits per heavy atom. The molecule has 3 heterocycles. The highest BCUT2D eigenvalue weighted by Crippen LogP contribution is 2.52. The van der Waals surface area contributed by atoms with Gasteiger partial charge < -0.3 is 63.4 Å². The second kappa shape index (κ2) is 17.9. The lowest BCUT2D eigenvalue weighted by molar-refractivity contribution is -0.139. The fourth-order valence-electron chi connectivity index (χ4n) is 5.57. The fraction of sp³-hybridized carbons (Fsp3) is 0.714. The molecule has 0 radical (unpaired) electrons. The molecule has 2 fully saturated rings. The normalized spacial score (nSPS) is 21.1. The molecule has 1 aliphatic carbocycles. The van der Waals surface area contributed by atoms with E-state index >= 15 is 0 Å². The lowest BCUT2D eigenvalue weighted by Crippen LogP contribution is -2.56. The molecule has 0 spiro atoms. The van der Waals surface area contributed by atoms with Gasteiger partial charge in [-0.15, -0.1) is 0 Å². The lowest BCUT2D eigenvalue weighted by Gasteiger charge is -2.35. The van der Waals surface area contributed by atoms with Gasteiger partial charge in [-0.05, 0) is 24.4 Å². The lowest BCUT2D eigenvalue weighted by atomic mass is 10.1. The summed E-state index contributed by atoms with van der Waals surface area (Å²) in [5, 5.41) is 22.2. The molecule has 21 nitrogen and oxygen atoms in total. The first-order valence-corrected chi connectivity index (χ1v) is 17.8. The number of aliphatic hydroxyl groups excluding tert-OH is 2. The number of methoxy groups -OCH3 is 2. The minimum absolute atomic E-state index is 0.0270. The maximum Gasteiger partial charge on any atom is 0.508 e. The predicted octanol–water partition coefficient (Wildman–Crippen LogP) is 0.428. The molecule has 4 atom stereocenters. The summed E-state index contributed by atoms with van der Waals surface area (Å²) in [7, 11) is -1.89. The van der Waals surface area contributed by atoms with Gasteiger partial charge in [0.25, 0.3) is 0 Å². The average Bonchev–Trinajstić information content (AvgIpc) is 3.81. The first kappa shape index (κ1) is 40.4. The quantitative estimate of drug-likeness (QED) is 0.0631. The molecule has 1 amide bonds. The van der Waals surface area contributed by atoms with Gasteiger partial charge >= 0.3 is 19.9 Å². The highest BCUT2D eigenvalue weighted by atomic mass is 35.5. The van der Waals surface area contributed by atoms with E-state index < -0.39 is 75.3 Å². The number of carbonyl (C=O) groups is 3. The number of anilines is 1. The van der Waals surface area contributed by atoms with E-state index in [1.807, 2.05) is 0 Å². The summed E-state index contributed by atoms with van der Waals surface area (Å²) in [5.41, 5.74) is 0.515. The number of aromatic nitrogens is 4. The molecule has 1 saturated carbocycles. The molecule has 51 heavy (non-hydrogen) atoms. The fourth-order valence-corrected chi connectivity index (χ4v) is 6.62. The number of hydrogen-bond donors (Lipinski definition) is 5. The van der Waals surface area contributed by atoms with Crippen LogP contribution >= 0.6 is 19.2 Å². The molecule has 286 valence electrons. The highest BCUT2D eigenvalue weighted by Gasteiger charge is 2.58. The molecule has 23 heteroatoms. The van der Waals surface area contributed by atoms with Gasteiger partial charge in [-0.25, -0.2) is 14.6 Å². The van der Waals surface area contributed by atoms with Crippen LogP contribution in [0.3, 0.4) is 0 Å². The van der Waals surface area contributed by atoms with Crippen molar-refractivity contribution in [1.29, 1.82) is 0 Å². The zero-order chi connectivity index (χ0) is 37.3. The second-order valence-electron chi connectivity index (χ2n) is 11.9. The van der Waals surface area contributed by atoms with E-state index in [4.69, 9.17) is 44.8 Å². The van der Waals surface area contributed by atoms with Crippen molar-refractivity contribution in [1.82, 2.24) is 24.4 Å². The van der Waals surface area contributed by atoms with E-state index in [1.54, 1.807) is 0 Å². The maximum absolute atomic E-state index is 13.9. The topological polar surface area (TPSA) is 273 Å². The minimum atomic E-state index is -5.67. The van der Waals surface area contributed by atoms with Gasteiger partial charge in [0.1, 0.15) is 44.7 Å². The van der Waals surface area contributed by atoms with Crippen LogP contribution in [0.4, 0.5) is 15.4 Å². The number of halogens is 1. The van der Waals surface area contributed by atoms with Gasteiger partial charge in [0.05, 0.1) is 19.5 Å². The molecule has 1 aliphatic heterocycles. The zero-order valence-electron chi connectivity index (χ0n) is 28.1. The van der Waals surface area contributed by atoms with Crippen LogP contribution in [0, 0.1) is 0 Å². The monoisotopic (exact) mass is 768 g/mol. The third-order valence-corrected chi connectivity index (χ3v) is 10.1. The summed E-state index contributed by atoms with van der Waals surface area (Å²) in [4.78, 5) is 72.8. The minimum Gasteiger partial charge on any atom is -0.432 e. The number of amides is 1. The molecule has 0 bridgehead atoms. The molecular weight excluding hydrogens is 727 g/mol. The van der Waals surface area contributed by atoms with Crippen LogP contribution in [0.2, 0.25) is 5.28 Å². The van der Waals surface area contributed by atoms with Crippen molar-refractivity contribution in [3.05, 3.63) is 11.6 Å². The van der Waals surface area contributed by atoms with Crippen molar-refractivity contribution in [2.45, 2.75) is 61.4 Å². The Kier molecular flexibility index (Phi) is 14.2. The van der Waals surface area contributed by atoms with Crippen LogP contribution in [0.25, 0.3) is 11.2 Å². The maximum atomic E-state index is 13.9. The molecule has 1 saturated heterocycles. The van der Waals surface area contributed by atoms with Gasteiger partial charge in [-0.1, -0.05) is 12.8 Å². The standard InChI is InChI=1S/C28H42ClN6O15P/c1-34(24(38)28(51(41,42)43,13-48-26(39)46-10-8-44-2)14-49-27(40)47-11-9-45-3)12-17-19(36)20(37)23(50-17)35-15-30-18-21(31-16-6-4-5-7-16)32-25(29)33-22(18)35/h15-17,19-20,23,36-37H,4-14H2,1-3H3,(H,31,32,33)(H2,41,42,43)/t17-,19-,20-,23-/m1/s1. The molecule has 5 N–H and O–H groups in total. The second-order valence-corrected chi connectivity index (χ2v) is 14.1. The third kappa shape index (κ3) is 9.73. The van der Waals surface area contributed by atoms with Crippen molar-refractivity contribution in [2.75, 3.05) is 72.8 Å². The van der Waals surface area contributed by atoms with Gasteiger partial charge in [0, 0.05) is 33.9 Å². The van der Waals surface area contributed by atoms with Crippen LogP contribution in [-0.4, -0.2) is 160 Å². The number of aliphatic hydroxyl groups is 2. The molecule has 2 aromatic rings. The van der Waals surface area contributed by atoms with Crippen molar-refractivity contribution in [2.24, 2.45) is 0 Å². The van der Waals surface area contributed by atoms with Crippen molar-refractivity contribution in [3.8, 4) is 0 Å². The summed E-state index contributed by atoms with van der Waals surface area (Å²) < 4.78 is 49.1. The molecule has 2 aromatic heterocycles. The number of nitrogens with zero attached hydrogens (tertiary/aromatic N) is 5. The third-order valence-electron chi connectivity index (χ3n) is 8.33. The SMILES string of the molecule is COCCOC(=O)OCC(COC(=O)OCCOC)(C(=O)N(C)C[C@H]1O[C@@H](n2cnc3c(NC4CCCC4)nc(Cl)nc32)[C@H](O)[C@@H]1O)P(=O)(O)O. The van der Waals surface area contributed by atoms with Crippen LogP contribution in [-0.2, 0) is 42.5 Å². The van der Waals surface area contributed by atoms with E-state index in [0.717, 1.165) is 37.6 Å². The Morgan fingerprint density at radius 3 is 2.14 bits per heavy atom. The number of imidazole rings is 1. The summed E-state index contributed by atoms with van der Waals surface area (Å²) >= 11 is 6.22. The number of nitrogens with one attached hydrogen (secondary N) is 1. The van der Waals surface area contributed by atoms with Crippen LogP contribution in [0.5, 0.6) is 0 Å². The number of fused-ring (bicyclic) bond motifs is 1.